The number of benzene rings is 2. The van der Waals surface area contributed by atoms with Crippen LogP contribution in [0.2, 0.25) is 0 Å². The Hall–Kier alpha value is -4.12. The van der Waals surface area contributed by atoms with Gasteiger partial charge in [-0.05, 0) is 36.2 Å². The summed E-state index contributed by atoms with van der Waals surface area (Å²) in [6.45, 7) is 6.84. The summed E-state index contributed by atoms with van der Waals surface area (Å²) in [5.41, 5.74) is 1.78. The van der Waals surface area contributed by atoms with Crippen LogP contribution in [0, 0.1) is 0 Å². The summed E-state index contributed by atoms with van der Waals surface area (Å²) in [4.78, 5) is 47.6. The summed E-state index contributed by atoms with van der Waals surface area (Å²) >= 11 is 0. The average molecular weight is 559 g/mol. The van der Waals surface area contributed by atoms with Crippen molar-refractivity contribution in [3.8, 4) is 11.5 Å². The van der Waals surface area contributed by atoms with E-state index in [-0.39, 0.29) is 6.61 Å². The van der Waals surface area contributed by atoms with E-state index in [0.29, 0.717) is 18.8 Å². The molecule has 1 aliphatic heterocycles. The lowest BCUT2D eigenvalue weighted by atomic mass is 9.98. The predicted molar refractivity (Wildman–Crippen MR) is 139 cm³/mol. The highest BCUT2D eigenvalue weighted by atomic mass is 16.7. The molecule has 11 heteroatoms. The van der Waals surface area contributed by atoms with Crippen molar-refractivity contribution in [1.82, 2.24) is 0 Å². The molecule has 0 aromatic heterocycles. The van der Waals surface area contributed by atoms with Gasteiger partial charge in [0.25, 0.3) is 0 Å². The summed E-state index contributed by atoms with van der Waals surface area (Å²) in [6, 6.07) is 14.8. The predicted octanol–water partition coefficient (Wildman–Crippen LogP) is 3.14. The molecule has 0 bridgehead atoms. The normalized spacial score (nSPS) is 22.0. The minimum absolute atomic E-state index is 0.342. The van der Waals surface area contributed by atoms with Gasteiger partial charge in [0.05, 0.1) is 6.61 Å². The Balaban J connectivity index is 1.96. The second kappa shape index (κ2) is 14.3. The number of carbonyl (C=O) groups excluding carboxylic acids is 4. The number of carbonyl (C=O) groups is 4. The second-order valence-electron chi connectivity index (χ2n) is 9.05. The molecular formula is C29H34O11. The molecule has 0 radical (unpaired) electrons. The highest BCUT2D eigenvalue weighted by Crippen LogP contribution is 2.32. The third-order valence-corrected chi connectivity index (χ3v) is 5.79. The van der Waals surface area contributed by atoms with Gasteiger partial charge in [0.1, 0.15) is 24.2 Å². The zero-order valence-corrected chi connectivity index (χ0v) is 23.1. The Morgan fingerprint density at radius 1 is 0.750 bits per heavy atom. The molecule has 0 N–H and O–H groups in total. The lowest BCUT2D eigenvalue weighted by Crippen LogP contribution is -2.63. The Morgan fingerprint density at radius 3 is 1.95 bits per heavy atom. The maximum absolute atomic E-state index is 12.1. The van der Waals surface area contributed by atoms with E-state index in [1.807, 2.05) is 43.3 Å². The minimum Gasteiger partial charge on any atom is -0.494 e. The molecule has 2 aromatic rings. The van der Waals surface area contributed by atoms with E-state index in [1.165, 1.54) is 13.8 Å². The fourth-order valence-corrected chi connectivity index (χ4v) is 4.26. The summed E-state index contributed by atoms with van der Waals surface area (Å²) in [5.74, 6) is -1.57. The quantitative estimate of drug-likeness (QED) is 0.297. The van der Waals surface area contributed by atoms with Crippen LogP contribution >= 0.6 is 0 Å². The van der Waals surface area contributed by atoms with Crippen molar-refractivity contribution in [1.29, 1.82) is 0 Å². The molecule has 0 unspecified atom stereocenters. The molecule has 1 fully saturated rings. The first kappa shape index (κ1) is 30.4. The fraction of sp³-hybridized carbons (Fsp3) is 0.448. The molecule has 1 aliphatic rings. The Bertz CT molecular complexity index is 1180. The molecule has 1 heterocycles. The molecule has 0 saturated carbocycles. The van der Waals surface area contributed by atoms with Gasteiger partial charge >= 0.3 is 23.9 Å². The van der Waals surface area contributed by atoms with Crippen LogP contribution in [0.5, 0.6) is 11.5 Å². The zero-order valence-electron chi connectivity index (χ0n) is 23.1. The Labute approximate surface area is 232 Å². The van der Waals surface area contributed by atoms with Crippen molar-refractivity contribution >= 4 is 23.9 Å². The summed E-state index contributed by atoms with van der Waals surface area (Å²) in [5, 5.41) is 0. The van der Waals surface area contributed by atoms with Crippen LogP contribution in [0.4, 0.5) is 0 Å². The maximum Gasteiger partial charge on any atom is 0.303 e. The van der Waals surface area contributed by atoms with Gasteiger partial charge in [-0.2, -0.15) is 0 Å². The lowest BCUT2D eigenvalue weighted by molar-refractivity contribution is -0.288. The van der Waals surface area contributed by atoms with Crippen molar-refractivity contribution in [3.63, 3.8) is 0 Å². The second-order valence-corrected chi connectivity index (χ2v) is 9.05. The molecule has 2 aromatic carbocycles. The lowest BCUT2D eigenvalue weighted by Gasteiger charge is -2.44. The number of para-hydroxylation sites is 1. The number of rotatable bonds is 11. The van der Waals surface area contributed by atoms with E-state index in [2.05, 4.69) is 0 Å². The van der Waals surface area contributed by atoms with Gasteiger partial charge in [0, 0.05) is 34.1 Å². The van der Waals surface area contributed by atoms with Crippen LogP contribution < -0.4 is 9.47 Å². The molecule has 11 nitrogen and oxygen atoms in total. The molecule has 40 heavy (non-hydrogen) atoms. The molecule has 0 aliphatic carbocycles. The van der Waals surface area contributed by atoms with Crippen LogP contribution in [0.25, 0.3) is 0 Å². The van der Waals surface area contributed by atoms with Gasteiger partial charge < -0.3 is 33.2 Å². The highest BCUT2D eigenvalue weighted by Gasteiger charge is 2.53. The standard InChI is InChI=1S/C29H34O11/c1-6-34-23-13-11-21(12-14-23)15-22-9-7-8-10-24(22)39-29-28(38-20(5)33)27(37-19(4)32)26(36-18(3)31)25(40-29)16-35-17(2)30/h7-14,25-29H,6,15-16H2,1-5H3/t25-,26-,27+,28-,29+/m1/s1. The van der Waals surface area contributed by atoms with Gasteiger partial charge in [0.2, 0.25) is 12.4 Å². The van der Waals surface area contributed by atoms with E-state index >= 15 is 0 Å². The maximum atomic E-state index is 12.1. The molecule has 5 atom stereocenters. The van der Waals surface area contributed by atoms with Gasteiger partial charge in [-0.25, -0.2) is 0 Å². The van der Waals surface area contributed by atoms with Gasteiger partial charge in [-0.1, -0.05) is 30.3 Å². The first-order valence-electron chi connectivity index (χ1n) is 12.8. The van der Waals surface area contributed by atoms with Crippen LogP contribution in [-0.4, -0.2) is 67.8 Å². The van der Waals surface area contributed by atoms with Crippen LogP contribution in [-0.2, 0) is 49.3 Å². The van der Waals surface area contributed by atoms with Gasteiger partial charge in [-0.15, -0.1) is 0 Å². The monoisotopic (exact) mass is 558 g/mol. The minimum atomic E-state index is -1.32. The third-order valence-electron chi connectivity index (χ3n) is 5.79. The van der Waals surface area contributed by atoms with Crippen molar-refractivity contribution < 1.29 is 52.3 Å². The first-order chi connectivity index (χ1) is 19.1. The van der Waals surface area contributed by atoms with E-state index < -0.39 is 54.6 Å². The largest absolute Gasteiger partial charge is 0.494 e. The summed E-state index contributed by atoms with van der Waals surface area (Å²) in [7, 11) is 0. The fourth-order valence-electron chi connectivity index (χ4n) is 4.26. The third kappa shape index (κ3) is 8.70. The average Bonchev–Trinajstić information content (AvgIpc) is 2.88. The van der Waals surface area contributed by atoms with Crippen molar-refractivity contribution in [3.05, 3.63) is 59.7 Å². The number of hydrogen-bond donors (Lipinski definition) is 0. The smallest absolute Gasteiger partial charge is 0.303 e. The topological polar surface area (TPSA) is 133 Å². The van der Waals surface area contributed by atoms with Crippen molar-refractivity contribution in [2.45, 2.75) is 71.7 Å². The van der Waals surface area contributed by atoms with Crippen LogP contribution in [0.15, 0.2) is 48.5 Å². The molecular weight excluding hydrogens is 524 g/mol. The first-order valence-corrected chi connectivity index (χ1v) is 12.8. The molecule has 0 amide bonds. The Morgan fingerprint density at radius 2 is 1.35 bits per heavy atom. The SMILES string of the molecule is CCOc1ccc(Cc2ccccc2O[C@H]2O[C@H](COC(C)=O)[C@@H](OC(C)=O)[C@H](OC(C)=O)[C@H]2OC(C)=O)cc1. The highest BCUT2D eigenvalue weighted by molar-refractivity contribution is 5.68. The van der Waals surface area contributed by atoms with Crippen molar-refractivity contribution in [2.24, 2.45) is 0 Å². The van der Waals surface area contributed by atoms with Crippen LogP contribution in [0.1, 0.15) is 45.7 Å². The molecule has 0 spiro atoms. The molecule has 1 saturated heterocycles. The van der Waals surface area contributed by atoms with E-state index in [9.17, 15) is 19.2 Å². The van der Waals surface area contributed by atoms with Crippen LogP contribution in [0.3, 0.4) is 0 Å². The summed E-state index contributed by atoms with van der Waals surface area (Å²) in [6.07, 6.45) is -5.83. The van der Waals surface area contributed by atoms with E-state index in [4.69, 9.17) is 33.2 Å². The number of esters is 4. The van der Waals surface area contributed by atoms with Crippen molar-refractivity contribution in [2.75, 3.05) is 13.2 Å². The van der Waals surface area contributed by atoms with E-state index in [0.717, 1.165) is 30.7 Å². The summed E-state index contributed by atoms with van der Waals surface area (Å²) < 4.78 is 39.3. The van der Waals surface area contributed by atoms with E-state index in [1.54, 1.807) is 12.1 Å². The van der Waals surface area contributed by atoms with Gasteiger partial charge in [-0.3, -0.25) is 19.2 Å². The molecule has 216 valence electrons. The Kier molecular flexibility index (Phi) is 10.9. The zero-order chi connectivity index (χ0) is 29.2. The molecule has 3 rings (SSSR count). The van der Waals surface area contributed by atoms with Gasteiger partial charge in [0.15, 0.2) is 12.2 Å². The number of hydrogen-bond acceptors (Lipinski definition) is 11. The number of ether oxygens (including phenoxy) is 7.